The molecule has 0 bridgehead atoms. The average Bonchev–Trinajstić information content (AvgIpc) is 3.10. The van der Waals surface area contributed by atoms with Gasteiger partial charge in [0.25, 0.3) is 0 Å². The maximum absolute atomic E-state index is 6.11. The van der Waals surface area contributed by atoms with Crippen molar-refractivity contribution in [2.24, 2.45) is 0 Å². The first-order chi connectivity index (χ1) is 15.7. The van der Waals surface area contributed by atoms with Gasteiger partial charge in [-0.15, -0.1) is 0 Å². The third-order valence-corrected chi connectivity index (χ3v) is 6.30. The lowest BCUT2D eigenvalue weighted by molar-refractivity contribution is 0.142. The summed E-state index contributed by atoms with van der Waals surface area (Å²) in [7, 11) is 0. The maximum Gasteiger partial charge on any atom is 0.135 e. The first-order valence-electron chi connectivity index (χ1n) is 12.4. The molecule has 0 atom stereocenters. The van der Waals surface area contributed by atoms with Crippen LogP contribution in [0.15, 0.2) is 40.8 Å². The van der Waals surface area contributed by atoms with E-state index in [2.05, 4.69) is 77.3 Å². The minimum atomic E-state index is 0.500. The molecule has 1 heterocycles. The number of hydrogen-bond acceptors (Lipinski definition) is 5. The summed E-state index contributed by atoms with van der Waals surface area (Å²) in [6.45, 7) is 21.0. The van der Waals surface area contributed by atoms with Crippen LogP contribution in [0.3, 0.4) is 0 Å². The number of ether oxygens (including phenoxy) is 2. The quantitative estimate of drug-likeness (QED) is 0.309. The standard InChI is InChI=1S/C28H42N2O3/c1-19(2)29(20(3)4)13-15-31-23-9-11-27-25(17-23)26-18-24(10-12-28(26)33-27)32-16-14-30(21(5)6)22(7)8/h9-12,17-22H,13-16H2,1-8H3. The van der Waals surface area contributed by atoms with Crippen LogP contribution in [0.2, 0.25) is 0 Å². The van der Waals surface area contributed by atoms with Gasteiger partial charge in [-0.3, -0.25) is 9.80 Å². The largest absolute Gasteiger partial charge is 0.492 e. The van der Waals surface area contributed by atoms with Gasteiger partial charge in [0.1, 0.15) is 35.9 Å². The van der Waals surface area contributed by atoms with Crippen LogP contribution in [0.1, 0.15) is 55.4 Å². The summed E-state index contributed by atoms with van der Waals surface area (Å²) in [6, 6.07) is 14.1. The first-order valence-corrected chi connectivity index (χ1v) is 12.4. The van der Waals surface area contributed by atoms with E-state index in [0.29, 0.717) is 37.4 Å². The van der Waals surface area contributed by atoms with Gasteiger partial charge < -0.3 is 13.9 Å². The van der Waals surface area contributed by atoms with Crippen molar-refractivity contribution in [2.75, 3.05) is 26.3 Å². The van der Waals surface area contributed by atoms with E-state index in [1.165, 1.54) is 0 Å². The molecule has 3 rings (SSSR count). The molecule has 0 unspecified atom stereocenters. The van der Waals surface area contributed by atoms with Crippen molar-refractivity contribution in [3.8, 4) is 11.5 Å². The lowest BCUT2D eigenvalue weighted by Gasteiger charge is -2.30. The van der Waals surface area contributed by atoms with Gasteiger partial charge in [-0.25, -0.2) is 0 Å². The van der Waals surface area contributed by atoms with Crippen molar-refractivity contribution in [1.82, 2.24) is 9.80 Å². The topological polar surface area (TPSA) is 38.1 Å². The zero-order chi connectivity index (χ0) is 24.1. The number of benzene rings is 2. The molecule has 5 nitrogen and oxygen atoms in total. The van der Waals surface area contributed by atoms with Crippen LogP contribution in [-0.2, 0) is 0 Å². The first kappa shape index (κ1) is 25.4. The molecule has 0 amide bonds. The number of nitrogens with zero attached hydrogens (tertiary/aromatic N) is 2. The van der Waals surface area contributed by atoms with Gasteiger partial charge in [0.15, 0.2) is 0 Å². The highest BCUT2D eigenvalue weighted by Crippen LogP contribution is 2.33. The second-order valence-electron chi connectivity index (χ2n) is 9.97. The molecule has 33 heavy (non-hydrogen) atoms. The summed E-state index contributed by atoms with van der Waals surface area (Å²) >= 11 is 0. The lowest BCUT2D eigenvalue weighted by atomic mass is 10.1. The molecule has 182 valence electrons. The summed E-state index contributed by atoms with van der Waals surface area (Å²) in [5.74, 6) is 1.74. The Balaban J connectivity index is 1.70. The molecule has 0 radical (unpaired) electrons. The fourth-order valence-electron chi connectivity index (χ4n) is 4.68. The molecule has 0 saturated heterocycles. The fourth-order valence-corrected chi connectivity index (χ4v) is 4.68. The molecule has 0 aliphatic rings. The van der Waals surface area contributed by atoms with Crippen LogP contribution in [0.25, 0.3) is 21.9 Å². The lowest BCUT2D eigenvalue weighted by Crippen LogP contribution is -2.39. The Kier molecular flexibility index (Phi) is 8.66. The molecule has 0 aliphatic carbocycles. The third kappa shape index (κ3) is 6.42. The van der Waals surface area contributed by atoms with Gasteiger partial charge in [-0.2, -0.15) is 0 Å². The predicted octanol–water partition coefficient (Wildman–Crippen LogP) is 6.58. The Hall–Kier alpha value is -2.24. The highest BCUT2D eigenvalue weighted by molar-refractivity contribution is 6.05. The van der Waals surface area contributed by atoms with Crippen molar-refractivity contribution < 1.29 is 13.9 Å². The molecule has 2 aromatic carbocycles. The number of hydrogen-bond donors (Lipinski definition) is 0. The number of fused-ring (bicyclic) bond motifs is 3. The smallest absolute Gasteiger partial charge is 0.135 e. The molecular weight excluding hydrogens is 412 g/mol. The second-order valence-corrected chi connectivity index (χ2v) is 9.97. The van der Waals surface area contributed by atoms with E-state index in [9.17, 15) is 0 Å². The second kappa shape index (κ2) is 11.3. The third-order valence-electron chi connectivity index (χ3n) is 6.30. The normalized spacial score (nSPS) is 12.5. The predicted molar refractivity (Wildman–Crippen MR) is 139 cm³/mol. The van der Waals surface area contributed by atoms with Crippen molar-refractivity contribution >= 4 is 21.9 Å². The zero-order valence-electron chi connectivity index (χ0n) is 21.7. The summed E-state index contributed by atoms with van der Waals surface area (Å²) in [5.41, 5.74) is 1.73. The minimum Gasteiger partial charge on any atom is -0.492 e. The Morgan fingerprint density at radius 1 is 0.606 bits per heavy atom. The molecule has 1 aromatic heterocycles. The highest BCUT2D eigenvalue weighted by atomic mass is 16.5. The van der Waals surface area contributed by atoms with Crippen LogP contribution in [0.5, 0.6) is 11.5 Å². The van der Waals surface area contributed by atoms with Crippen molar-refractivity contribution in [3.63, 3.8) is 0 Å². The van der Waals surface area contributed by atoms with Gasteiger partial charge in [-0.1, -0.05) is 0 Å². The van der Waals surface area contributed by atoms with Gasteiger partial charge in [0.2, 0.25) is 0 Å². The van der Waals surface area contributed by atoms with E-state index in [-0.39, 0.29) is 0 Å². The van der Waals surface area contributed by atoms with Gasteiger partial charge in [0.05, 0.1) is 0 Å². The Bertz CT molecular complexity index is 926. The summed E-state index contributed by atoms with van der Waals surface area (Å²) in [5, 5.41) is 2.12. The Labute approximate surface area is 199 Å². The molecule has 0 spiro atoms. The van der Waals surface area contributed by atoms with E-state index >= 15 is 0 Å². The van der Waals surface area contributed by atoms with E-state index < -0.39 is 0 Å². The average molecular weight is 455 g/mol. The summed E-state index contributed by atoms with van der Waals surface area (Å²) in [4.78, 5) is 4.88. The Morgan fingerprint density at radius 3 is 1.30 bits per heavy atom. The zero-order valence-corrected chi connectivity index (χ0v) is 21.7. The molecule has 0 aliphatic heterocycles. The van der Waals surface area contributed by atoms with E-state index in [4.69, 9.17) is 13.9 Å². The maximum atomic E-state index is 6.11. The van der Waals surface area contributed by atoms with Crippen LogP contribution < -0.4 is 9.47 Å². The van der Waals surface area contributed by atoms with Crippen LogP contribution in [0.4, 0.5) is 0 Å². The molecule has 5 heteroatoms. The minimum absolute atomic E-state index is 0.500. The fraction of sp³-hybridized carbons (Fsp3) is 0.571. The van der Waals surface area contributed by atoms with Gasteiger partial charge in [0, 0.05) is 48.0 Å². The summed E-state index contributed by atoms with van der Waals surface area (Å²) < 4.78 is 18.3. The SMILES string of the molecule is CC(C)N(CCOc1ccc2oc3ccc(OCCN(C(C)C)C(C)C)cc3c2c1)C(C)C. The Morgan fingerprint density at radius 2 is 0.970 bits per heavy atom. The van der Waals surface area contributed by atoms with Crippen LogP contribution >= 0.6 is 0 Å². The van der Waals surface area contributed by atoms with E-state index in [1.807, 2.05) is 24.3 Å². The number of rotatable bonds is 12. The van der Waals surface area contributed by atoms with Gasteiger partial charge >= 0.3 is 0 Å². The molecule has 0 N–H and O–H groups in total. The molecule has 0 saturated carbocycles. The van der Waals surface area contributed by atoms with Crippen LogP contribution in [0, 0.1) is 0 Å². The summed E-state index contributed by atoms with van der Waals surface area (Å²) in [6.07, 6.45) is 0. The molecule has 3 aromatic rings. The monoisotopic (exact) mass is 454 g/mol. The van der Waals surface area contributed by atoms with E-state index in [0.717, 1.165) is 46.5 Å². The van der Waals surface area contributed by atoms with Crippen molar-refractivity contribution in [2.45, 2.75) is 79.6 Å². The van der Waals surface area contributed by atoms with Crippen molar-refractivity contribution in [1.29, 1.82) is 0 Å². The van der Waals surface area contributed by atoms with Crippen molar-refractivity contribution in [3.05, 3.63) is 36.4 Å². The van der Waals surface area contributed by atoms with E-state index in [1.54, 1.807) is 0 Å². The van der Waals surface area contributed by atoms with Gasteiger partial charge in [-0.05, 0) is 91.8 Å². The number of furan rings is 1. The van der Waals surface area contributed by atoms with Crippen LogP contribution in [-0.4, -0.2) is 60.3 Å². The molecule has 0 fully saturated rings. The highest BCUT2D eigenvalue weighted by Gasteiger charge is 2.15. The molecular formula is C28H42N2O3.